The van der Waals surface area contributed by atoms with E-state index in [1.807, 2.05) is 13.8 Å². The second kappa shape index (κ2) is 8.23. The Morgan fingerprint density at radius 2 is 1.87 bits per heavy atom. The van der Waals surface area contributed by atoms with Gasteiger partial charge in [-0.15, -0.1) is 0 Å². The van der Waals surface area contributed by atoms with Gasteiger partial charge in [0.15, 0.2) is 6.61 Å². The Labute approximate surface area is 90.3 Å². The summed E-state index contributed by atoms with van der Waals surface area (Å²) in [6.07, 6.45) is 1.64. The van der Waals surface area contributed by atoms with Crippen LogP contribution in [0.1, 0.15) is 33.6 Å². The van der Waals surface area contributed by atoms with Crippen molar-refractivity contribution in [2.45, 2.75) is 33.6 Å². The van der Waals surface area contributed by atoms with Gasteiger partial charge in [0.1, 0.15) is 0 Å². The number of carbonyl (C=O) groups is 2. The molecule has 0 aromatic rings. The van der Waals surface area contributed by atoms with Gasteiger partial charge in [-0.2, -0.15) is 0 Å². The van der Waals surface area contributed by atoms with Gasteiger partial charge < -0.3 is 4.74 Å². The predicted octanol–water partition coefficient (Wildman–Crippen LogP) is 1.13. The van der Waals surface area contributed by atoms with Crippen LogP contribution in [0.15, 0.2) is 0 Å². The van der Waals surface area contributed by atoms with Crippen LogP contribution >= 0.6 is 0 Å². The highest BCUT2D eigenvalue weighted by atomic mass is 16.7. The number of hydroxylamine groups is 2. The molecule has 0 aliphatic rings. The Hall–Kier alpha value is -1.10. The minimum absolute atomic E-state index is 0.251. The first-order valence-electron chi connectivity index (χ1n) is 5.18. The summed E-state index contributed by atoms with van der Waals surface area (Å²) in [5.41, 5.74) is 0. The van der Waals surface area contributed by atoms with E-state index in [1.54, 1.807) is 0 Å². The Kier molecular flexibility index (Phi) is 7.62. The predicted molar refractivity (Wildman–Crippen MR) is 54.9 cm³/mol. The van der Waals surface area contributed by atoms with Gasteiger partial charge in [0, 0.05) is 13.5 Å². The number of ether oxygens (including phenoxy) is 1. The van der Waals surface area contributed by atoms with E-state index in [0.717, 1.165) is 12.8 Å². The number of nitrogens with zero attached hydrogens (tertiary/aromatic N) is 1. The zero-order valence-electron chi connectivity index (χ0n) is 9.62. The fourth-order valence-corrected chi connectivity index (χ4v) is 0.901. The summed E-state index contributed by atoms with van der Waals surface area (Å²) in [5.74, 6) is -0.782. The van der Waals surface area contributed by atoms with E-state index in [-0.39, 0.29) is 12.5 Å². The Morgan fingerprint density at radius 1 is 1.20 bits per heavy atom. The normalized spacial score (nSPS) is 9.80. The van der Waals surface area contributed by atoms with Crippen LogP contribution < -0.4 is 0 Å². The lowest BCUT2D eigenvalue weighted by molar-refractivity contribution is -0.192. The van der Waals surface area contributed by atoms with Crippen molar-refractivity contribution in [1.82, 2.24) is 5.06 Å². The lowest BCUT2D eigenvalue weighted by Crippen LogP contribution is -2.35. The number of hydrogen-bond donors (Lipinski definition) is 0. The highest BCUT2D eigenvalue weighted by Crippen LogP contribution is 1.97. The number of amides is 1. The molecule has 0 N–H and O–H groups in total. The van der Waals surface area contributed by atoms with E-state index in [2.05, 4.69) is 4.74 Å². The number of rotatable bonds is 7. The first-order valence-corrected chi connectivity index (χ1v) is 5.18. The molecule has 0 aliphatic carbocycles. The molecule has 0 radical (unpaired) electrons. The van der Waals surface area contributed by atoms with Crippen LogP contribution in [-0.2, 0) is 19.2 Å². The van der Waals surface area contributed by atoms with Crippen LogP contribution in [0.2, 0.25) is 0 Å². The molecular formula is C10H19NO4. The molecule has 5 heteroatoms. The third kappa shape index (κ3) is 6.90. The van der Waals surface area contributed by atoms with Gasteiger partial charge in [-0.25, -0.2) is 5.06 Å². The SMILES string of the molecule is CCCON(CCC)C(=O)COC(C)=O. The smallest absolute Gasteiger partial charge is 0.303 e. The largest absolute Gasteiger partial charge is 0.456 e. The standard InChI is InChI=1S/C10H19NO4/c1-4-6-11(15-7-5-2)10(13)8-14-9(3)12/h4-8H2,1-3H3. The van der Waals surface area contributed by atoms with Crippen LogP contribution in [0, 0.1) is 0 Å². The monoisotopic (exact) mass is 217 g/mol. The van der Waals surface area contributed by atoms with Crippen LogP contribution in [0.4, 0.5) is 0 Å². The quantitative estimate of drug-likeness (QED) is 0.474. The van der Waals surface area contributed by atoms with E-state index in [4.69, 9.17) is 4.84 Å². The van der Waals surface area contributed by atoms with Gasteiger partial charge in [0.2, 0.25) is 0 Å². The van der Waals surface area contributed by atoms with E-state index >= 15 is 0 Å². The average Bonchev–Trinajstić information content (AvgIpc) is 2.20. The van der Waals surface area contributed by atoms with Crippen LogP contribution in [0.25, 0.3) is 0 Å². The molecule has 0 heterocycles. The van der Waals surface area contributed by atoms with Gasteiger partial charge in [0.05, 0.1) is 6.61 Å². The van der Waals surface area contributed by atoms with E-state index in [9.17, 15) is 9.59 Å². The maximum Gasteiger partial charge on any atom is 0.303 e. The summed E-state index contributed by atoms with van der Waals surface area (Å²) < 4.78 is 4.60. The fourth-order valence-electron chi connectivity index (χ4n) is 0.901. The Balaban J connectivity index is 3.97. The van der Waals surface area contributed by atoms with Crippen molar-refractivity contribution >= 4 is 11.9 Å². The molecular weight excluding hydrogens is 198 g/mol. The lowest BCUT2D eigenvalue weighted by atomic mass is 10.4. The topological polar surface area (TPSA) is 55.8 Å². The van der Waals surface area contributed by atoms with Crippen LogP contribution in [0.5, 0.6) is 0 Å². The molecule has 5 nitrogen and oxygen atoms in total. The van der Waals surface area contributed by atoms with E-state index in [0.29, 0.717) is 13.2 Å². The Bertz CT molecular complexity index is 206. The molecule has 0 saturated heterocycles. The molecule has 0 atom stereocenters. The molecule has 0 aromatic carbocycles. The van der Waals surface area contributed by atoms with Gasteiger partial charge >= 0.3 is 5.97 Å². The van der Waals surface area contributed by atoms with Crippen molar-refractivity contribution in [2.24, 2.45) is 0 Å². The van der Waals surface area contributed by atoms with Gasteiger partial charge in [-0.05, 0) is 12.8 Å². The van der Waals surface area contributed by atoms with Gasteiger partial charge in [-0.1, -0.05) is 13.8 Å². The molecule has 88 valence electrons. The molecule has 0 spiro atoms. The van der Waals surface area contributed by atoms with E-state index in [1.165, 1.54) is 12.0 Å². The van der Waals surface area contributed by atoms with E-state index < -0.39 is 5.97 Å². The van der Waals surface area contributed by atoms with Crippen molar-refractivity contribution in [1.29, 1.82) is 0 Å². The highest BCUT2D eigenvalue weighted by Gasteiger charge is 2.14. The summed E-state index contributed by atoms with van der Waals surface area (Å²) in [6, 6.07) is 0. The molecule has 15 heavy (non-hydrogen) atoms. The minimum atomic E-state index is -0.463. The van der Waals surface area contributed by atoms with Crippen molar-refractivity contribution in [2.75, 3.05) is 19.8 Å². The highest BCUT2D eigenvalue weighted by molar-refractivity contribution is 5.79. The molecule has 0 aliphatic heterocycles. The summed E-state index contributed by atoms with van der Waals surface area (Å²) >= 11 is 0. The fraction of sp³-hybridized carbons (Fsp3) is 0.800. The molecule has 0 saturated carbocycles. The average molecular weight is 217 g/mol. The third-order valence-corrected chi connectivity index (χ3v) is 1.56. The van der Waals surface area contributed by atoms with Gasteiger partial charge in [-0.3, -0.25) is 14.4 Å². The number of carbonyl (C=O) groups excluding carboxylic acids is 2. The number of esters is 1. The molecule has 1 amide bonds. The second-order valence-electron chi connectivity index (χ2n) is 3.11. The van der Waals surface area contributed by atoms with Crippen molar-refractivity contribution in [3.8, 4) is 0 Å². The summed E-state index contributed by atoms with van der Waals surface area (Å²) in [4.78, 5) is 27.2. The number of hydrogen-bond acceptors (Lipinski definition) is 4. The van der Waals surface area contributed by atoms with Gasteiger partial charge in [0.25, 0.3) is 5.91 Å². The summed E-state index contributed by atoms with van der Waals surface area (Å²) in [5, 5.41) is 1.26. The first kappa shape index (κ1) is 13.9. The summed E-state index contributed by atoms with van der Waals surface area (Å²) in [6.45, 7) is 5.93. The molecule has 0 unspecified atom stereocenters. The first-order chi connectivity index (χ1) is 7.11. The maximum absolute atomic E-state index is 11.5. The third-order valence-electron chi connectivity index (χ3n) is 1.56. The lowest BCUT2D eigenvalue weighted by Gasteiger charge is -2.20. The molecule has 0 rings (SSSR count). The molecule has 0 fully saturated rings. The molecule has 0 aromatic heterocycles. The second-order valence-corrected chi connectivity index (χ2v) is 3.11. The zero-order valence-corrected chi connectivity index (χ0v) is 9.62. The minimum Gasteiger partial charge on any atom is -0.456 e. The summed E-state index contributed by atoms with van der Waals surface area (Å²) in [7, 11) is 0. The maximum atomic E-state index is 11.5. The van der Waals surface area contributed by atoms with Crippen molar-refractivity contribution < 1.29 is 19.2 Å². The van der Waals surface area contributed by atoms with Crippen molar-refractivity contribution in [3.63, 3.8) is 0 Å². The molecule has 0 bridgehead atoms. The zero-order chi connectivity index (χ0) is 11.7. The van der Waals surface area contributed by atoms with Crippen LogP contribution in [-0.4, -0.2) is 36.7 Å². The van der Waals surface area contributed by atoms with Crippen LogP contribution in [0.3, 0.4) is 0 Å². The Morgan fingerprint density at radius 3 is 2.33 bits per heavy atom. The van der Waals surface area contributed by atoms with Crippen molar-refractivity contribution in [3.05, 3.63) is 0 Å².